The minimum Gasteiger partial charge on any atom is -0.382 e. The van der Waals surface area contributed by atoms with Crippen LogP contribution in [-0.4, -0.2) is 27.7 Å². The zero-order valence-corrected chi connectivity index (χ0v) is 11.4. The molecule has 0 bridgehead atoms. The Kier molecular flexibility index (Phi) is 4.62. The van der Waals surface area contributed by atoms with Gasteiger partial charge in [0.1, 0.15) is 0 Å². The molecule has 1 fully saturated rings. The second-order valence-corrected chi connectivity index (χ2v) is 5.91. The van der Waals surface area contributed by atoms with Crippen molar-refractivity contribution >= 4 is 21.6 Å². The van der Waals surface area contributed by atoms with Crippen molar-refractivity contribution in [3.05, 3.63) is 24.3 Å². The number of ether oxygens (including phenoxy) is 1. The van der Waals surface area contributed by atoms with Gasteiger partial charge < -0.3 is 10.1 Å². The maximum absolute atomic E-state index is 11.0. The fraction of sp³-hybridized carbons (Fsp3) is 0.500. The second kappa shape index (κ2) is 6.23. The molecule has 1 saturated heterocycles. The van der Waals surface area contributed by atoms with Crippen LogP contribution in [0.4, 0.5) is 11.4 Å². The molecule has 0 amide bonds. The van der Waals surface area contributed by atoms with Crippen LogP contribution in [0.2, 0.25) is 0 Å². The molecule has 0 aromatic heterocycles. The predicted molar refractivity (Wildman–Crippen MR) is 75.3 cm³/mol. The topological polar surface area (TPSA) is 93.5 Å². The highest BCUT2D eigenvalue weighted by molar-refractivity contribution is 7.90. The minimum absolute atomic E-state index is 0.354. The van der Waals surface area contributed by atoms with Gasteiger partial charge in [0.2, 0.25) is 0 Å². The standard InChI is InChI=1S/C12H19N3O3S/c13-19(16,17)15-12-4-1-3-11(9-12)14-10-5-2-7-18-8-6-10/h1,3-4,9-10,14-15H,2,5-8H2,(H2,13,16,17). The summed E-state index contributed by atoms with van der Waals surface area (Å²) in [6, 6.07) is 7.43. The van der Waals surface area contributed by atoms with Gasteiger partial charge in [0.25, 0.3) is 10.2 Å². The Balaban J connectivity index is 2.01. The summed E-state index contributed by atoms with van der Waals surface area (Å²) in [5.74, 6) is 0. The molecule has 19 heavy (non-hydrogen) atoms. The molecule has 2 rings (SSSR count). The summed E-state index contributed by atoms with van der Waals surface area (Å²) in [5, 5.41) is 8.34. The Hall–Kier alpha value is -1.31. The molecule has 4 N–H and O–H groups in total. The number of hydrogen-bond acceptors (Lipinski definition) is 4. The van der Waals surface area contributed by atoms with Crippen LogP contribution in [0.1, 0.15) is 19.3 Å². The van der Waals surface area contributed by atoms with Gasteiger partial charge in [0.15, 0.2) is 0 Å². The molecule has 1 unspecified atom stereocenters. The van der Waals surface area contributed by atoms with Crippen molar-refractivity contribution in [2.75, 3.05) is 23.3 Å². The Morgan fingerprint density at radius 3 is 2.79 bits per heavy atom. The molecule has 106 valence electrons. The van der Waals surface area contributed by atoms with Gasteiger partial charge in [-0.3, -0.25) is 4.72 Å². The molecule has 7 heteroatoms. The molecule has 1 atom stereocenters. The normalized spacial score (nSPS) is 20.6. The van der Waals surface area contributed by atoms with Crippen LogP contribution >= 0.6 is 0 Å². The molecule has 6 nitrogen and oxygen atoms in total. The summed E-state index contributed by atoms with van der Waals surface area (Å²) in [7, 11) is -3.73. The molecule has 0 radical (unpaired) electrons. The van der Waals surface area contributed by atoms with E-state index in [1.165, 1.54) is 0 Å². The van der Waals surface area contributed by atoms with Crippen molar-refractivity contribution in [1.29, 1.82) is 0 Å². The lowest BCUT2D eigenvalue weighted by Gasteiger charge is -2.17. The van der Waals surface area contributed by atoms with Crippen molar-refractivity contribution in [1.82, 2.24) is 0 Å². The largest absolute Gasteiger partial charge is 0.382 e. The molecular formula is C12H19N3O3S. The molecular weight excluding hydrogens is 266 g/mol. The van der Waals surface area contributed by atoms with E-state index in [9.17, 15) is 8.42 Å². The predicted octanol–water partition coefficient (Wildman–Crippen LogP) is 1.28. The van der Waals surface area contributed by atoms with Gasteiger partial charge in [0, 0.05) is 24.9 Å². The van der Waals surface area contributed by atoms with Gasteiger partial charge >= 0.3 is 0 Å². The summed E-state index contributed by atoms with van der Waals surface area (Å²) >= 11 is 0. The van der Waals surface area contributed by atoms with Crippen LogP contribution in [0.25, 0.3) is 0 Å². The Morgan fingerprint density at radius 1 is 1.21 bits per heavy atom. The summed E-state index contributed by atoms with van der Waals surface area (Å²) < 4.78 is 29.6. The van der Waals surface area contributed by atoms with Crippen LogP contribution in [0.5, 0.6) is 0 Å². The third-order valence-electron chi connectivity index (χ3n) is 2.95. The lowest BCUT2D eigenvalue weighted by atomic mass is 10.1. The Morgan fingerprint density at radius 2 is 2.00 bits per heavy atom. The van der Waals surface area contributed by atoms with E-state index in [1.54, 1.807) is 18.2 Å². The fourth-order valence-electron chi connectivity index (χ4n) is 2.12. The molecule has 1 heterocycles. The number of nitrogens with two attached hydrogens (primary N) is 1. The van der Waals surface area contributed by atoms with Gasteiger partial charge in [0.05, 0.1) is 5.69 Å². The first kappa shape index (κ1) is 14.1. The summed E-state index contributed by atoms with van der Waals surface area (Å²) in [5.41, 5.74) is 1.33. The monoisotopic (exact) mass is 285 g/mol. The minimum atomic E-state index is -3.73. The molecule has 1 aliphatic rings. The second-order valence-electron chi connectivity index (χ2n) is 4.61. The van der Waals surface area contributed by atoms with Gasteiger partial charge in [-0.25, -0.2) is 5.14 Å². The molecule has 0 aliphatic carbocycles. The molecule has 0 saturated carbocycles. The highest BCUT2D eigenvalue weighted by atomic mass is 32.2. The van der Waals surface area contributed by atoms with E-state index >= 15 is 0 Å². The highest BCUT2D eigenvalue weighted by Gasteiger charge is 2.12. The maximum Gasteiger partial charge on any atom is 0.296 e. The number of anilines is 2. The van der Waals surface area contributed by atoms with E-state index in [1.807, 2.05) is 6.07 Å². The third-order valence-corrected chi connectivity index (χ3v) is 3.47. The Labute approximate surface area is 113 Å². The highest BCUT2D eigenvalue weighted by Crippen LogP contribution is 2.19. The third kappa shape index (κ3) is 5.06. The van der Waals surface area contributed by atoms with E-state index in [2.05, 4.69) is 10.0 Å². The molecule has 1 aliphatic heterocycles. The lowest BCUT2D eigenvalue weighted by Crippen LogP contribution is -2.22. The lowest BCUT2D eigenvalue weighted by molar-refractivity contribution is 0.144. The average molecular weight is 285 g/mol. The van der Waals surface area contributed by atoms with E-state index in [0.29, 0.717) is 11.7 Å². The van der Waals surface area contributed by atoms with Gasteiger partial charge in [-0.15, -0.1) is 0 Å². The zero-order valence-electron chi connectivity index (χ0n) is 10.6. The first-order valence-electron chi connectivity index (χ1n) is 6.28. The van der Waals surface area contributed by atoms with Crippen LogP contribution < -0.4 is 15.2 Å². The van der Waals surface area contributed by atoms with Crippen LogP contribution in [0.15, 0.2) is 24.3 Å². The van der Waals surface area contributed by atoms with E-state index < -0.39 is 10.2 Å². The van der Waals surface area contributed by atoms with Crippen LogP contribution in [-0.2, 0) is 14.9 Å². The van der Waals surface area contributed by atoms with Gasteiger partial charge in [-0.05, 0) is 37.5 Å². The first-order chi connectivity index (χ1) is 9.03. The zero-order chi connectivity index (χ0) is 13.7. The number of nitrogens with one attached hydrogen (secondary N) is 2. The number of benzene rings is 1. The molecule has 1 aromatic carbocycles. The van der Waals surface area contributed by atoms with E-state index in [0.717, 1.165) is 38.2 Å². The van der Waals surface area contributed by atoms with Crippen molar-refractivity contribution in [2.45, 2.75) is 25.3 Å². The van der Waals surface area contributed by atoms with Gasteiger partial charge in [-0.2, -0.15) is 8.42 Å². The summed E-state index contributed by atoms with van der Waals surface area (Å²) in [4.78, 5) is 0. The van der Waals surface area contributed by atoms with Crippen LogP contribution in [0.3, 0.4) is 0 Å². The molecule has 1 aromatic rings. The smallest absolute Gasteiger partial charge is 0.296 e. The molecule has 0 spiro atoms. The maximum atomic E-state index is 11.0. The number of rotatable bonds is 4. The fourth-order valence-corrected chi connectivity index (χ4v) is 2.58. The average Bonchev–Trinajstić information content (AvgIpc) is 2.56. The summed E-state index contributed by atoms with van der Waals surface area (Å²) in [6.07, 6.45) is 3.03. The summed E-state index contributed by atoms with van der Waals surface area (Å²) in [6.45, 7) is 1.57. The number of hydrogen-bond donors (Lipinski definition) is 3. The van der Waals surface area contributed by atoms with Crippen molar-refractivity contribution < 1.29 is 13.2 Å². The van der Waals surface area contributed by atoms with Gasteiger partial charge in [-0.1, -0.05) is 6.07 Å². The van der Waals surface area contributed by atoms with Crippen molar-refractivity contribution in [3.63, 3.8) is 0 Å². The van der Waals surface area contributed by atoms with Crippen LogP contribution in [0, 0.1) is 0 Å². The Bertz CT molecular complexity index is 511. The van der Waals surface area contributed by atoms with Crippen molar-refractivity contribution in [2.24, 2.45) is 5.14 Å². The SMILES string of the molecule is NS(=O)(=O)Nc1cccc(NC2CCCOCC2)c1. The van der Waals surface area contributed by atoms with Crippen molar-refractivity contribution in [3.8, 4) is 0 Å². The quantitative estimate of drug-likeness (QED) is 0.777. The van der Waals surface area contributed by atoms with E-state index in [-0.39, 0.29) is 0 Å². The van der Waals surface area contributed by atoms with E-state index in [4.69, 9.17) is 9.88 Å². The first-order valence-corrected chi connectivity index (χ1v) is 7.82.